The number of rotatable bonds is 0. The maximum absolute atomic E-state index is 8.68. The molecule has 0 aromatic heterocycles. The smallest absolute Gasteiger partial charge is 0.557 e. The molecule has 0 aromatic rings. The average molecular weight is 272 g/mol. The van der Waals surface area contributed by atoms with Crippen LogP contribution in [0.15, 0.2) is 0 Å². The predicted molar refractivity (Wildman–Crippen MR) is 23.7 cm³/mol. The predicted octanol–water partition coefficient (Wildman–Crippen LogP) is 0.538. The van der Waals surface area contributed by atoms with E-state index in [-0.39, 0.29) is 21.1 Å². The van der Waals surface area contributed by atoms with Crippen LogP contribution in [0.2, 0.25) is 0 Å². The summed E-state index contributed by atoms with van der Waals surface area (Å²) in [5, 5.41) is 0. The SMILES string of the molecule is C[C-]=O.[CH2-]OC.[W+2]. The Kier molecular flexibility index (Phi) is 74.4. The van der Waals surface area contributed by atoms with Crippen molar-refractivity contribution in [2.75, 3.05) is 7.11 Å². The van der Waals surface area contributed by atoms with Gasteiger partial charge in [-0.3, -0.25) is 6.29 Å². The minimum absolute atomic E-state index is 0. The second kappa shape index (κ2) is 33.3. The molecule has 42 valence electrons. The number of hydrogen-bond donors (Lipinski definition) is 0. The summed E-state index contributed by atoms with van der Waals surface area (Å²) in [5.41, 5.74) is 0. The number of ether oxygens (including phenoxy) is 1. The zero-order chi connectivity index (χ0) is 5.41. The van der Waals surface area contributed by atoms with Crippen LogP contribution in [-0.4, -0.2) is 13.4 Å². The van der Waals surface area contributed by atoms with E-state index in [0.717, 1.165) is 0 Å². The van der Waals surface area contributed by atoms with Crippen LogP contribution in [0.25, 0.3) is 0 Å². The van der Waals surface area contributed by atoms with Gasteiger partial charge in [-0.25, -0.2) is 7.11 Å². The van der Waals surface area contributed by atoms with Gasteiger partial charge in [0.1, 0.15) is 0 Å². The zero-order valence-corrected chi connectivity index (χ0v) is 7.37. The van der Waals surface area contributed by atoms with Crippen molar-refractivity contribution in [3.05, 3.63) is 7.11 Å². The molecule has 0 aliphatic rings. The first kappa shape index (κ1) is 15.7. The summed E-state index contributed by atoms with van der Waals surface area (Å²) >= 11 is 0. The van der Waals surface area contributed by atoms with Gasteiger partial charge in [0, 0.05) is 0 Å². The molecule has 0 heterocycles. The van der Waals surface area contributed by atoms with Crippen molar-refractivity contribution >= 4 is 6.29 Å². The minimum Gasteiger partial charge on any atom is -0.557 e. The Bertz CT molecular complexity index is 23.7. The van der Waals surface area contributed by atoms with Crippen molar-refractivity contribution in [2.24, 2.45) is 0 Å². The molecule has 3 heteroatoms. The van der Waals surface area contributed by atoms with Crippen LogP contribution in [0, 0.1) is 7.11 Å². The first-order chi connectivity index (χ1) is 2.83. The molecule has 0 aromatic carbocycles. The molecule has 0 saturated carbocycles. The van der Waals surface area contributed by atoms with Gasteiger partial charge in [0.15, 0.2) is 0 Å². The Morgan fingerprint density at radius 2 is 1.71 bits per heavy atom. The monoisotopic (exact) mass is 272 g/mol. The molecule has 0 unspecified atom stereocenters. The third-order valence-electron chi connectivity index (χ3n) is 0. The van der Waals surface area contributed by atoms with Crippen LogP contribution in [0.1, 0.15) is 6.92 Å². The largest absolute Gasteiger partial charge is 2.00 e. The second-order valence-corrected chi connectivity index (χ2v) is 0.493. The third kappa shape index (κ3) is 1160. The number of hydrogen-bond acceptors (Lipinski definition) is 2. The van der Waals surface area contributed by atoms with Gasteiger partial charge < -0.3 is 9.53 Å². The minimum atomic E-state index is 0. The zero-order valence-electron chi connectivity index (χ0n) is 4.43. The van der Waals surface area contributed by atoms with E-state index in [1.807, 2.05) is 0 Å². The Balaban J connectivity index is -0.0000000400. The third-order valence-corrected chi connectivity index (χ3v) is 0. The second-order valence-electron chi connectivity index (χ2n) is 0.493. The summed E-state index contributed by atoms with van der Waals surface area (Å²) in [6.07, 6.45) is 1.50. The maximum atomic E-state index is 8.68. The van der Waals surface area contributed by atoms with Gasteiger partial charge in [0.2, 0.25) is 0 Å². The van der Waals surface area contributed by atoms with Crippen molar-refractivity contribution < 1.29 is 30.6 Å². The quantitative estimate of drug-likeness (QED) is 0.601. The molecule has 0 saturated heterocycles. The topological polar surface area (TPSA) is 26.3 Å². The maximum Gasteiger partial charge on any atom is 2.00 e. The molecule has 0 radical (unpaired) electrons. The Labute approximate surface area is 58.5 Å². The molecule has 0 aliphatic heterocycles. The first-order valence-corrected chi connectivity index (χ1v) is 1.40. The summed E-state index contributed by atoms with van der Waals surface area (Å²) in [7, 11) is 4.50. The Morgan fingerprint density at radius 3 is 1.71 bits per heavy atom. The molecule has 0 spiro atoms. The van der Waals surface area contributed by atoms with E-state index in [2.05, 4.69) is 11.8 Å². The van der Waals surface area contributed by atoms with Crippen LogP contribution in [0.4, 0.5) is 0 Å². The molecule has 2 nitrogen and oxygen atoms in total. The molecule has 0 atom stereocenters. The van der Waals surface area contributed by atoms with Crippen LogP contribution in [0.5, 0.6) is 0 Å². The molecule has 0 aliphatic carbocycles. The molecule has 0 amide bonds. The van der Waals surface area contributed by atoms with E-state index in [1.54, 1.807) is 0 Å². The summed E-state index contributed by atoms with van der Waals surface area (Å²) in [4.78, 5) is 8.68. The molecule has 7 heavy (non-hydrogen) atoms. The van der Waals surface area contributed by atoms with Crippen LogP contribution >= 0.6 is 0 Å². The van der Waals surface area contributed by atoms with E-state index in [4.69, 9.17) is 4.79 Å². The van der Waals surface area contributed by atoms with Crippen molar-refractivity contribution in [1.29, 1.82) is 0 Å². The van der Waals surface area contributed by atoms with E-state index in [0.29, 0.717) is 0 Å². The van der Waals surface area contributed by atoms with Gasteiger partial charge >= 0.3 is 21.1 Å². The average Bonchev–Trinajstić information content (AvgIpc) is 1.39. The van der Waals surface area contributed by atoms with Gasteiger partial charge in [0.05, 0.1) is 0 Å². The summed E-state index contributed by atoms with van der Waals surface area (Å²) in [5.74, 6) is 0. The number of carbonyl (C=O) groups excluding carboxylic acids is 1. The Morgan fingerprint density at radius 1 is 1.71 bits per heavy atom. The van der Waals surface area contributed by atoms with E-state index in [9.17, 15) is 0 Å². The van der Waals surface area contributed by atoms with E-state index >= 15 is 0 Å². The summed E-state index contributed by atoms with van der Waals surface area (Å²) in [6.45, 7) is 1.32. The summed E-state index contributed by atoms with van der Waals surface area (Å²) < 4.78 is 4.00. The fourth-order valence-electron chi connectivity index (χ4n) is 0. The molecule has 0 N–H and O–H groups in total. The standard InChI is InChI=1S/C2H5O.C2H3O.W/c1-3-2;1-2-3;/h1H2,2H3;1H3;/q2*-1;+2. The normalized spacial score (nSPS) is 4.43. The van der Waals surface area contributed by atoms with Gasteiger partial charge in [-0.15, -0.1) is 0 Å². The van der Waals surface area contributed by atoms with Crippen LogP contribution in [-0.2, 0) is 30.6 Å². The molecule has 0 bridgehead atoms. The fourth-order valence-corrected chi connectivity index (χ4v) is 0. The molecule has 0 rings (SSSR count). The van der Waals surface area contributed by atoms with Gasteiger partial charge in [-0.05, 0) is 7.11 Å². The van der Waals surface area contributed by atoms with Crippen molar-refractivity contribution in [1.82, 2.24) is 0 Å². The van der Waals surface area contributed by atoms with Crippen molar-refractivity contribution in [3.63, 3.8) is 0 Å². The van der Waals surface area contributed by atoms with Gasteiger partial charge in [0.25, 0.3) is 0 Å². The van der Waals surface area contributed by atoms with E-state index in [1.165, 1.54) is 20.3 Å². The number of methoxy groups -OCH3 is 1. The summed E-state index contributed by atoms with van der Waals surface area (Å²) in [6, 6.07) is 0. The van der Waals surface area contributed by atoms with Gasteiger partial charge in [-0.1, -0.05) is 0 Å². The Hall–Kier alpha value is 0.318. The van der Waals surface area contributed by atoms with E-state index < -0.39 is 0 Å². The first-order valence-electron chi connectivity index (χ1n) is 1.40. The van der Waals surface area contributed by atoms with Crippen LogP contribution in [0.3, 0.4) is 0 Å². The van der Waals surface area contributed by atoms with Gasteiger partial charge in [-0.2, -0.15) is 6.92 Å². The molecular formula is C4H8O2W. The van der Waals surface area contributed by atoms with Crippen molar-refractivity contribution in [2.45, 2.75) is 6.92 Å². The fraction of sp³-hybridized carbons (Fsp3) is 0.500. The molecule has 0 fully saturated rings. The van der Waals surface area contributed by atoms with Crippen molar-refractivity contribution in [3.8, 4) is 0 Å². The van der Waals surface area contributed by atoms with Crippen LogP contribution < -0.4 is 0 Å². The molecular weight excluding hydrogens is 264 g/mol.